The topological polar surface area (TPSA) is 108 Å². The number of ether oxygens (including phenoxy) is 2. The third-order valence-electron chi connectivity index (χ3n) is 6.79. The molecule has 1 unspecified atom stereocenters. The van der Waals surface area contributed by atoms with Crippen molar-refractivity contribution in [2.45, 2.75) is 44.1 Å². The molecule has 2 fully saturated rings. The average molecular weight is 491 g/mol. The van der Waals surface area contributed by atoms with Gasteiger partial charge >= 0.3 is 0 Å². The standard InChI is InChI=1S/C14H18N2O2.C14H16N2O2/c2*17-14-13-2-1-12(9-10(13)3-8-16-14)18-11-4-6-15-7-5-11/h1-3,8-9,11,14-17H,4-7H2;1-3,8-9,11,15H,4-7H2,(H,16,17). The first kappa shape index (κ1) is 24.4. The van der Waals surface area contributed by atoms with Crippen LogP contribution in [0.1, 0.15) is 43.0 Å². The zero-order valence-corrected chi connectivity index (χ0v) is 20.3. The van der Waals surface area contributed by atoms with Crippen LogP contribution in [0.15, 0.2) is 59.7 Å². The number of aromatic amines is 1. The lowest BCUT2D eigenvalue weighted by atomic mass is 10.0. The maximum absolute atomic E-state index is 11.6. The van der Waals surface area contributed by atoms with E-state index in [2.05, 4.69) is 20.9 Å². The molecular formula is C28H34N4O4. The second kappa shape index (κ2) is 11.6. The van der Waals surface area contributed by atoms with Crippen LogP contribution in [0.4, 0.5) is 0 Å². The van der Waals surface area contributed by atoms with Gasteiger partial charge < -0.3 is 35.5 Å². The highest BCUT2D eigenvalue weighted by Gasteiger charge is 2.17. The lowest BCUT2D eigenvalue weighted by Crippen LogP contribution is -2.34. The Morgan fingerprint density at radius 3 is 2.14 bits per heavy atom. The number of aliphatic hydroxyl groups excluding tert-OH is 1. The number of fused-ring (bicyclic) bond motifs is 2. The van der Waals surface area contributed by atoms with E-state index >= 15 is 0 Å². The molecule has 8 heteroatoms. The van der Waals surface area contributed by atoms with Gasteiger partial charge in [-0.1, -0.05) is 6.07 Å². The summed E-state index contributed by atoms with van der Waals surface area (Å²) in [6, 6.07) is 13.4. The van der Waals surface area contributed by atoms with Crippen LogP contribution in [-0.4, -0.2) is 48.5 Å². The monoisotopic (exact) mass is 490 g/mol. The number of aromatic nitrogens is 1. The average Bonchev–Trinajstić information content (AvgIpc) is 2.91. The third kappa shape index (κ3) is 6.07. The maximum atomic E-state index is 11.6. The van der Waals surface area contributed by atoms with Gasteiger partial charge in [0.05, 0.1) is 0 Å². The molecule has 4 heterocycles. The molecule has 0 amide bonds. The van der Waals surface area contributed by atoms with Gasteiger partial charge in [-0.15, -0.1) is 0 Å². The van der Waals surface area contributed by atoms with Crippen LogP contribution in [0.5, 0.6) is 11.5 Å². The Morgan fingerprint density at radius 1 is 0.806 bits per heavy atom. The molecule has 1 atom stereocenters. The maximum Gasteiger partial charge on any atom is 0.255 e. The molecule has 8 nitrogen and oxygen atoms in total. The molecule has 0 bridgehead atoms. The van der Waals surface area contributed by atoms with Crippen molar-refractivity contribution < 1.29 is 14.6 Å². The largest absolute Gasteiger partial charge is 0.490 e. The number of H-pyrrole nitrogens is 1. The Balaban J connectivity index is 0.000000148. The van der Waals surface area contributed by atoms with Gasteiger partial charge in [0.25, 0.3) is 5.56 Å². The number of rotatable bonds is 4. The summed E-state index contributed by atoms with van der Waals surface area (Å²) >= 11 is 0. The number of hydrogen-bond acceptors (Lipinski definition) is 7. The molecule has 2 aromatic carbocycles. The Bertz CT molecular complexity index is 1250. The predicted octanol–water partition coefficient (Wildman–Crippen LogP) is 3.04. The number of benzene rings is 2. The van der Waals surface area contributed by atoms with Crippen molar-refractivity contribution >= 4 is 16.8 Å². The molecule has 0 spiro atoms. The van der Waals surface area contributed by atoms with Gasteiger partial charge in [0.2, 0.25) is 0 Å². The zero-order chi connectivity index (χ0) is 24.7. The summed E-state index contributed by atoms with van der Waals surface area (Å²) in [6.45, 7) is 4.08. The van der Waals surface area contributed by atoms with Gasteiger partial charge in [0, 0.05) is 17.1 Å². The van der Waals surface area contributed by atoms with E-state index in [1.165, 1.54) is 0 Å². The molecule has 36 heavy (non-hydrogen) atoms. The molecule has 3 aromatic rings. The number of aliphatic hydroxyl groups is 1. The van der Waals surface area contributed by atoms with E-state index in [0.29, 0.717) is 11.5 Å². The molecule has 0 radical (unpaired) electrons. The van der Waals surface area contributed by atoms with Crippen LogP contribution in [0.3, 0.4) is 0 Å². The summed E-state index contributed by atoms with van der Waals surface area (Å²) in [4.78, 5) is 14.2. The first-order valence-electron chi connectivity index (χ1n) is 12.8. The van der Waals surface area contributed by atoms with E-state index < -0.39 is 6.23 Å². The van der Waals surface area contributed by atoms with E-state index in [1.54, 1.807) is 12.4 Å². The molecule has 5 N–H and O–H groups in total. The number of piperidine rings is 2. The van der Waals surface area contributed by atoms with Gasteiger partial charge in [-0.2, -0.15) is 0 Å². The number of pyridine rings is 1. The highest BCUT2D eigenvalue weighted by Crippen LogP contribution is 2.27. The minimum absolute atomic E-state index is 0.0547. The predicted molar refractivity (Wildman–Crippen MR) is 141 cm³/mol. The molecule has 0 saturated carbocycles. The van der Waals surface area contributed by atoms with E-state index in [-0.39, 0.29) is 11.7 Å². The van der Waals surface area contributed by atoms with Crippen LogP contribution < -0.4 is 31.0 Å². The molecule has 2 saturated heterocycles. The molecule has 190 valence electrons. The number of hydrogen-bond donors (Lipinski definition) is 5. The van der Waals surface area contributed by atoms with Gasteiger partial charge in [-0.05, 0) is 111 Å². The van der Waals surface area contributed by atoms with Crippen molar-refractivity contribution in [3.05, 3.63) is 76.3 Å². The summed E-state index contributed by atoms with van der Waals surface area (Å²) < 4.78 is 11.9. The van der Waals surface area contributed by atoms with Crippen LogP contribution >= 0.6 is 0 Å². The van der Waals surface area contributed by atoms with Gasteiger partial charge in [-0.3, -0.25) is 4.79 Å². The minimum Gasteiger partial charge on any atom is -0.490 e. The second-order valence-corrected chi connectivity index (χ2v) is 9.38. The highest BCUT2D eigenvalue weighted by molar-refractivity contribution is 5.82. The van der Waals surface area contributed by atoms with Gasteiger partial charge in [0.15, 0.2) is 6.23 Å². The van der Waals surface area contributed by atoms with Crippen molar-refractivity contribution in [1.82, 2.24) is 20.9 Å². The summed E-state index contributed by atoms with van der Waals surface area (Å²) in [5.74, 6) is 1.74. The van der Waals surface area contributed by atoms with Crippen molar-refractivity contribution in [3.63, 3.8) is 0 Å². The summed E-state index contributed by atoms with van der Waals surface area (Å²) in [5, 5.41) is 20.9. The number of nitrogens with one attached hydrogen (secondary N) is 4. The molecule has 3 aliphatic heterocycles. The Labute approximate surface area is 210 Å². The van der Waals surface area contributed by atoms with Crippen LogP contribution in [0, 0.1) is 0 Å². The van der Waals surface area contributed by atoms with Crippen molar-refractivity contribution in [3.8, 4) is 11.5 Å². The smallest absolute Gasteiger partial charge is 0.255 e. The van der Waals surface area contributed by atoms with E-state index in [4.69, 9.17) is 9.47 Å². The van der Waals surface area contributed by atoms with Gasteiger partial charge in [0.1, 0.15) is 23.7 Å². The lowest BCUT2D eigenvalue weighted by Gasteiger charge is -2.25. The summed E-state index contributed by atoms with van der Waals surface area (Å²) in [6.07, 6.45) is 9.54. The Morgan fingerprint density at radius 2 is 1.44 bits per heavy atom. The van der Waals surface area contributed by atoms with Crippen molar-refractivity contribution in [1.29, 1.82) is 0 Å². The fraction of sp³-hybridized carbons (Fsp3) is 0.393. The summed E-state index contributed by atoms with van der Waals surface area (Å²) in [5.41, 5.74) is 1.86. The first-order valence-corrected chi connectivity index (χ1v) is 12.8. The normalized spacial score (nSPS) is 20.1. The highest BCUT2D eigenvalue weighted by atomic mass is 16.5. The molecular weight excluding hydrogens is 456 g/mol. The third-order valence-corrected chi connectivity index (χ3v) is 6.79. The Hall–Kier alpha value is -3.33. The van der Waals surface area contributed by atoms with E-state index in [9.17, 15) is 9.90 Å². The SMILES string of the molecule is O=c1[nH]ccc2cc(OC3CCNCC3)ccc12.OC1NC=Cc2cc(OC3CCNCC3)ccc21. The molecule has 3 aliphatic rings. The molecule has 6 rings (SSSR count). The molecule has 1 aromatic heterocycles. The van der Waals surface area contributed by atoms with Gasteiger partial charge in [-0.25, -0.2) is 0 Å². The van der Waals surface area contributed by atoms with Crippen molar-refractivity contribution in [2.24, 2.45) is 0 Å². The van der Waals surface area contributed by atoms with E-state index in [0.717, 1.165) is 79.9 Å². The quantitative estimate of drug-likeness (QED) is 0.383. The van der Waals surface area contributed by atoms with Crippen molar-refractivity contribution in [2.75, 3.05) is 26.2 Å². The fourth-order valence-electron chi connectivity index (χ4n) is 4.79. The lowest BCUT2D eigenvalue weighted by molar-refractivity contribution is 0.152. The first-order chi connectivity index (χ1) is 17.7. The zero-order valence-electron chi connectivity index (χ0n) is 20.3. The summed E-state index contributed by atoms with van der Waals surface area (Å²) in [7, 11) is 0. The second-order valence-electron chi connectivity index (χ2n) is 9.38. The van der Waals surface area contributed by atoms with Crippen LogP contribution in [0.25, 0.3) is 16.8 Å². The van der Waals surface area contributed by atoms with E-state index in [1.807, 2.05) is 48.5 Å². The Kier molecular flexibility index (Phi) is 7.85. The fourth-order valence-corrected chi connectivity index (χ4v) is 4.79. The van der Waals surface area contributed by atoms with Crippen LogP contribution in [0.2, 0.25) is 0 Å². The minimum atomic E-state index is -0.613. The molecule has 0 aliphatic carbocycles. The van der Waals surface area contributed by atoms with Crippen LogP contribution in [-0.2, 0) is 0 Å².